The van der Waals surface area contributed by atoms with Gasteiger partial charge in [-0.2, -0.15) is 0 Å². The number of aliphatic carboxylic acids is 1. The molecule has 1 saturated carbocycles. The SMILES string of the molecule is O=C(NC1CCN(C(=O)C2CCC2C(=O)O)CC1)c1ccc(F)cc1. The van der Waals surface area contributed by atoms with Gasteiger partial charge in [-0.05, 0) is 49.9 Å². The zero-order valence-corrected chi connectivity index (χ0v) is 13.8. The van der Waals surface area contributed by atoms with Crippen molar-refractivity contribution in [2.45, 2.75) is 31.7 Å². The van der Waals surface area contributed by atoms with Gasteiger partial charge in [0.15, 0.2) is 0 Å². The van der Waals surface area contributed by atoms with Gasteiger partial charge in [0.2, 0.25) is 5.91 Å². The molecule has 0 spiro atoms. The molecule has 25 heavy (non-hydrogen) atoms. The first-order valence-corrected chi connectivity index (χ1v) is 8.53. The lowest BCUT2D eigenvalue weighted by Gasteiger charge is -2.39. The largest absolute Gasteiger partial charge is 0.481 e. The molecule has 3 rings (SSSR count). The van der Waals surface area contributed by atoms with Crippen LogP contribution in [0.25, 0.3) is 0 Å². The van der Waals surface area contributed by atoms with Gasteiger partial charge in [-0.15, -0.1) is 0 Å². The Morgan fingerprint density at radius 3 is 2.12 bits per heavy atom. The summed E-state index contributed by atoms with van der Waals surface area (Å²) in [4.78, 5) is 37.3. The Morgan fingerprint density at radius 2 is 1.60 bits per heavy atom. The molecule has 2 unspecified atom stereocenters. The Hall–Kier alpha value is -2.44. The van der Waals surface area contributed by atoms with Gasteiger partial charge in [0.1, 0.15) is 5.82 Å². The second kappa shape index (κ2) is 7.21. The van der Waals surface area contributed by atoms with Crippen LogP contribution in [0.1, 0.15) is 36.0 Å². The first kappa shape index (κ1) is 17.4. The average molecular weight is 348 g/mol. The summed E-state index contributed by atoms with van der Waals surface area (Å²) in [5, 5.41) is 12.0. The monoisotopic (exact) mass is 348 g/mol. The maximum absolute atomic E-state index is 12.9. The van der Waals surface area contributed by atoms with Crippen molar-refractivity contribution < 1.29 is 23.9 Å². The summed E-state index contributed by atoms with van der Waals surface area (Å²) in [7, 11) is 0. The third-order valence-corrected chi connectivity index (χ3v) is 5.16. The summed E-state index contributed by atoms with van der Waals surface area (Å²) >= 11 is 0. The fourth-order valence-electron chi connectivity index (χ4n) is 3.44. The van der Waals surface area contributed by atoms with Gasteiger partial charge in [0, 0.05) is 24.7 Å². The summed E-state index contributed by atoms with van der Waals surface area (Å²) in [6.07, 6.45) is 2.46. The number of carbonyl (C=O) groups excluding carboxylic acids is 2. The molecule has 6 nitrogen and oxygen atoms in total. The van der Waals surface area contributed by atoms with Crippen molar-refractivity contribution >= 4 is 17.8 Å². The topological polar surface area (TPSA) is 86.7 Å². The number of carboxylic acids is 1. The predicted molar refractivity (Wildman–Crippen MR) is 87.3 cm³/mol. The van der Waals surface area contributed by atoms with E-state index in [4.69, 9.17) is 5.11 Å². The number of rotatable bonds is 4. The van der Waals surface area contributed by atoms with E-state index in [-0.39, 0.29) is 23.7 Å². The number of carboxylic acid groups (broad SMARTS) is 1. The normalized spacial score (nSPS) is 23.6. The molecule has 1 aliphatic heterocycles. The molecule has 1 aromatic carbocycles. The van der Waals surface area contributed by atoms with E-state index in [0.717, 1.165) is 0 Å². The molecule has 2 aliphatic rings. The van der Waals surface area contributed by atoms with Gasteiger partial charge < -0.3 is 15.3 Å². The summed E-state index contributed by atoms with van der Waals surface area (Å²) < 4.78 is 12.9. The van der Waals surface area contributed by atoms with Crippen LogP contribution in [-0.4, -0.2) is 46.9 Å². The van der Waals surface area contributed by atoms with E-state index in [2.05, 4.69) is 5.32 Å². The highest BCUT2D eigenvalue weighted by atomic mass is 19.1. The lowest BCUT2D eigenvalue weighted by molar-refractivity contribution is -0.157. The standard InChI is InChI=1S/C18H21FN2O4/c19-12-3-1-11(2-4-12)16(22)20-13-7-9-21(10-8-13)17(23)14-5-6-15(14)18(24)25/h1-4,13-15H,5-10H2,(H,20,22)(H,24,25). The second-order valence-corrected chi connectivity index (χ2v) is 6.71. The van der Waals surface area contributed by atoms with Crippen molar-refractivity contribution in [3.8, 4) is 0 Å². The van der Waals surface area contributed by atoms with Crippen LogP contribution in [0.4, 0.5) is 4.39 Å². The molecule has 7 heteroatoms. The number of hydrogen-bond donors (Lipinski definition) is 2. The predicted octanol–water partition coefficient (Wildman–Crippen LogP) is 1.66. The molecule has 0 radical (unpaired) electrons. The van der Waals surface area contributed by atoms with Gasteiger partial charge in [0.05, 0.1) is 11.8 Å². The minimum Gasteiger partial charge on any atom is -0.481 e. The van der Waals surface area contributed by atoms with Crippen molar-refractivity contribution in [3.63, 3.8) is 0 Å². The molecule has 1 aromatic rings. The smallest absolute Gasteiger partial charge is 0.307 e. The number of nitrogens with one attached hydrogen (secondary N) is 1. The Balaban J connectivity index is 1.48. The van der Waals surface area contributed by atoms with Crippen LogP contribution in [0.2, 0.25) is 0 Å². The number of amides is 2. The molecule has 2 N–H and O–H groups in total. The van der Waals surface area contributed by atoms with E-state index >= 15 is 0 Å². The molecule has 0 bridgehead atoms. The number of nitrogens with zero attached hydrogens (tertiary/aromatic N) is 1. The first-order chi connectivity index (χ1) is 12.0. The third kappa shape index (κ3) is 3.81. The van der Waals surface area contributed by atoms with Crippen molar-refractivity contribution in [2.24, 2.45) is 11.8 Å². The van der Waals surface area contributed by atoms with E-state index < -0.39 is 17.8 Å². The third-order valence-electron chi connectivity index (χ3n) is 5.16. The van der Waals surface area contributed by atoms with Gasteiger partial charge in [-0.1, -0.05) is 0 Å². The van der Waals surface area contributed by atoms with Crippen molar-refractivity contribution in [2.75, 3.05) is 13.1 Å². The highest BCUT2D eigenvalue weighted by Crippen LogP contribution is 2.36. The highest BCUT2D eigenvalue weighted by molar-refractivity contribution is 5.94. The lowest BCUT2D eigenvalue weighted by atomic mass is 9.72. The minimum absolute atomic E-state index is 0.0433. The van der Waals surface area contributed by atoms with Crippen molar-refractivity contribution in [1.82, 2.24) is 10.2 Å². The lowest BCUT2D eigenvalue weighted by Crippen LogP contribution is -2.51. The number of carbonyl (C=O) groups is 3. The Morgan fingerprint density at radius 1 is 1.00 bits per heavy atom. The highest BCUT2D eigenvalue weighted by Gasteiger charge is 2.43. The summed E-state index contributed by atoms with van der Waals surface area (Å²) in [6.45, 7) is 1.02. The van der Waals surface area contributed by atoms with Gasteiger partial charge in [-0.25, -0.2) is 4.39 Å². The first-order valence-electron chi connectivity index (χ1n) is 8.53. The van der Waals surface area contributed by atoms with E-state index in [9.17, 15) is 18.8 Å². The maximum Gasteiger partial charge on any atom is 0.307 e. The molecule has 0 aromatic heterocycles. The Bertz CT molecular complexity index is 668. The summed E-state index contributed by atoms with van der Waals surface area (Å²) in [5.41, 5.74) is 0.402. The molecule has 1 saturated heterocycles. The van der Waals surface area contributed by atoms with Crippen LogP contribution in [0.3, 0.4) is 0 Å². The molecule has 134 valence electrons. The Kier molecular flexibility index (Phi) is 5.01. The van der Waals surface area contributed by atoms with Crippen molar-refractivity contribution in [1.29, 1.82) is 0 Å². The van der Waals surface area contributed by atoms with E-state index in [1.54, 1.807) is 4.90 Å². The van der Waals surface area contributed by atoms with E-state index in [1.165, 1.54) is 24.3 Å². The summed E-state index contributed by atoms with van der Waals surface area (Å²) in [6, 6.07) is 5.32. The number of likely N-dealkylation sites (tertiary alicyclic amines) is 1. The zero-order chi connectivity index (χ0) is 18.0. The van der Waals surface area contributed by atoms with Crippen LogP contribution in [0.5, 0.6) is 0 Å². The second-order valence-electron chi connectivity index (χ2n) is 6.71. The Labute approximate surface area is 145 Å². The van der Waals surface area contributed by atoms with E-state index in [1.807, 2.05) is 0 Å². The van der Waals surface area contributed by atoms with Gasteiger partial charge >= 0.3 is 5.97 Å². The summed E-state index contributed by atoms with van der Waals surface area (Å²) in [5.74, 6) is -2.58. The number of benzene rings is 1. The van der Waals surface area contributed by atoms with Crippen LogP contribution < -0.4 is 5.32 Å². The average Bonchev–Trinajstić information content (AvgIpc) is 2.54. The molecule has 1 heterocycles. The molecule has 2 atom stereocenters. The van der Waals surface area contributed by atoms with Crippen LogP contribution in [-0.2, 0) is 9.59 Å². The fourth-order valence-corrected chi connectivity index (χ4v) is 3.44. The molecule has 1 aliphatic carbocycles. The van der Waals surface area contributed by atoms with Crippen LogP contribution in [0, 0.1) is 17.7 Å². The van der Waals surface area contributed by atoms with Crippen molar-refractivity contribution in [3.05, 3.63) is 35.6 Å². The van der Waals surface area contributed by atoms with Crippen LogP contribution in [0.15, 0.2) is 24.3 Å². The molecular weight excluding hydrogens is 327 g/mol. The maximum atomic E-state index is 12.9. The zero-order valence-electron chi connectivity index (χ0n) is 13.8. The number of hydrogen-bond acceptors (Lipinski definition) is 3. The fraction of sp³-hybridized carbons (Fsp3) is 0.500. The van der Waals surface area contributed by atoms with Crippen LogP contribution >= 0.6 is 0 Å². The number of piperidine rings is 1. The van der Waals surface area contributed by atoms with E-state index in [0.29, 0.717) is 44.3 Å². The minimum atomic E-state index is -0.897. The van der Waals surface area contributed by atoms with Gasteiger partial charge in [-0.3, -0.25) is 14.4 Å². The molecule has 2 amide bonds. The quantitative estimate of drug-likeness (QED) is 0.866. The molecule has 2 fully saturated rings. The van der Waals surface area contributed by atoms with Gasteiger partial charge in [0.25, 0.3) is 5.91 Å². The number of halogens is 1. The molecular formula is C18H21FN2O4.